The second-order valence-corrected chi connectivity index (χ2v) is 4.54. The highest BCUT2D eigenvalue weighted by Crippen LogP contribution is 2.21. The van der Waals surface area contributed by atoms with Crippen LogP contribution in [0.15, 0.2) is 48.8 Å². The van der Waals surface area contributed by atoms with Crippen LogP contribution in [0.5, 0.6) is 5.75 Å². The molecule has 0 aliphatic heterocycles. The highest BCUT2D eigenvalue weighted by molar-refractivity contribution is 6.05. The Labute approximate surface area is 124 Å². The number of amides is 1. The lowest BCUT2D eigenvalue weighted by Gasteiger charge is -2.23. The first-order valence-corrected chi connectivity index (χ1v) is 6.82. The molecule has 1 aromatic carbocycles. The van der Waals surface area contributed by atoms with Crippen molar-refractivity contribution in [1.29, 1.82) is 0 Å². The fraction of sp³-hybridized carbons (Fsp3) is 0.250. The van der Waals surface area contributed by atoms with Crippen molar-refractivity contribution in [2.75, 3.05) is 25.1 Å². The van der Waals surface area contributed by atoms with Crippen LogP contribution in [-0.2, 0) is 0 Å². The predicted molar refractivity (Wildman–Crippen MR) is 82.6 cm³/mol. The van der Waals surface area contributed by atoms with Gasteiger partial charge < -0.3 is 15.4 Å². The van der Waals surface area contributed by atoms with Crippen LogP contribution < -0.4 is 15.4 Å². The van der Waals surface area contributed by atoms with Gasteiger partial charge in [-0.15, -0.1) is 0 Å². The normalized spacial score (nSPS) is 10.2. The molecule has 0 saturated heterocycles. The van der Waals surface area contributed by atoms with E-state index in [1.54, 1.807) is 36.5 Å². The molecular formula is C16H19N3O2. The Hall–Kier alpha value is -2.40. The van der Waals surface area contributed by atoms with Crippen molar-refractivity contribution in [2.24, 2.45) is 5.73 Å². The molecule has 0 atom stereocenters. The number of nitrogens with two attached hydrogens (primary N) is 1. The van der Waals surface area contributed by atoms with Crippen molar-refractivity contribution in [3.63, 3.8) is 0 Å². The molecule has 0 bridgehead atoms. The third kappa shape index (κ3) is 3.79. The number of rotatable bonds is 6. The van der Waals surface area contributed by atoms with E-state index >= 15 is 0 Å². The molecule has 0 radical (unpaired) electrons. The summed E-state index contributed by atoms with van der Waals surface area (Å²) in [6.07, 6.45) is 3.95. The summed E-state index contributed by atoms with van der Waals surface area (Å²) < 4.78 is 5.14. The molecule has 1 aromatic heterocycles. The number of hydrogen-bond acceptors (Lipinski definition) is 4. The molecule has 0 aliphatic carbocycles. The molecular weight excluding hydrogens is 266 g/mol. The lowest BCUT2D eigenvalue weighted by molar-refractivity contribution is 0.0986. The topological polar surface area (TPSA) is 68.5 Å². The highest BCUT2D eigenvalue weighted by Gasteiger charge is 2.17. The lowest BCUT2D eigenvalue weighted by Crippen LogP contribution is -2.33. The standard InChI is InChI=1S/C16H19N3O2/c1-21-15-7-5-14(6-8-15)19(11-3-9-17)16(20)13-4-2-10-18-12-13/h2,4-8,10,12H,3,9,11,17H2,1H3. The SMILES string of the molecule is COc1ccc(N(CCCN)C(=O)c2cccnc2)cc1. The van der Waals surface area contributed by atoms with Crippen LogP contribution in [0.1, 0.15) is 16.8 Å². The van der Waals surface area contributed by atoms with Crippen LogP contribution >= 0.6 is 0 Å². The predicted octanol–water partition coefficient (Wildman–Crippen LogP) is 2.09. The second-order valence-electron chi connectivity index (χ2n) is 4.54. The van der Waals surface area contributed by atoms with Gasteiger partial charge in [0.15, 0.2) is 0 Å². The van der Waals surface area contributed by atoms with Crippen LogP contribution in [0.4, 0.5) is 5.69 Å². The number of carbonyl (C=O) groups is 1. The van der Waals surface area contributed by atoms with Gasteiger partial charge in [-0.3, -0.25) is 9.78 Å². The van der Waals surface area contributed by atoms with Crippen LogP contribution in [0.25, 0.3) is 0 Å². The molecule has 2 N–H and O–H groups in total. The molecule has 1 heterocycles. The number of ether oxygens (including phenoxy) is 1. The number of hydrogen-bond donors (Lipinski definition) is 1. The molecule has 2 aromatic rings. The van der Waals surface area contributed by atoms with Gasteiger partial charge in [-0.1, -0.05) is 0 Å². The van der Waals surface area contributed by atoms with E-state index in [1.807, 2.05) is 24.3 Å². The third-order valence-electron chi connectivity index (χ3n) is 3.12. The zero-order valence-corrected chi connectivity index (χ0v) is 12.0. The number of benzene rings is 1. The van der Waals surface area contributed by atoms with Crippen LogP contribution in [-0.4, -0.2) is 31.1 Å². The van der Waals surface area contributed by atoms with E-state index in [4.69, 9.17) is 10.5 Å². The third-order valence-corrected chi connectivity index (χ3v) is 3.12. The average Bonchev–Trinajstić information content (AvgIpc) is 2.56. The Morgan fingerprint density at radius 1 is 1.29 bits per heavy atom. The molecule has 5 heteroatoms. The molecule has 0 unspecified atom stereocenters. The molecule has 2 rings (SSSR count). The first-order chi connectivity index (χ1) is 10.3. The van der Waals surface area contributed by atoms with Crippen molar-refractivity contribution in [3.8, 4) is 5.75 Å². The minimum Gasteiger partial charge on any atom is -0.497 e. The van der Waals surface area contributed by atoms with Gasteiger partial charge in [-0.2, -0.15) is 0 Å². The number of anilines is 1. The van der Waals surface area contributed by atoms with Gasteiger partial charge in [0.05, 0.1) is 12.7 Å². The maximum absolute atomic E-state index is 12.6. The highest BCUT2D eigenvalue weighted by atomic mass is 16.5. The van der Waals surface area contributed by atoms with Crippen molar-refractivity contribution in [1.82, 2.24) is 4.98 Å². The monoisotopic (exact) mass is 285 g/mol. The quantitative estimate of drug-likeness (QED) is 0.882. The summed E-state index contributed by atoms with van der Waals surface area (Å²) in [5.41, 5.74) is 6.95. The van der Waals surface area contributed by atoms with E-state index in [0.717, 1.165) is 17.9 Å². The summed E-state index contributed by atoms with van der Waals surface area (Å²) >= 11 is 0. The number of aromatic nitrogens is 1. The van der Waals surface area contributed by atoms with E-state index in [1.165, 1.54) is 0 Å². The van der Waals surface area contributed by atoms with Crippen molar-refractivity contribution in [2.45, 2.75) is 6.42 Å². The van der Waals surface area contributed by atoms with Gasteiger partial charge in [0.1, 0.15) is 5.75 Å². The molecule has 110 valence electrons. The van der Waals surface area contributed by atoms with E-state index in [9.17, 15) is 4.79 Å². The van der Waals surface area contributed by atoms with Crippen LogP contribution in [0.3, 0.4) is 0 Å². The molecule has 5 nitrogen and oxygen atoms in total. The summed E-state index contributed by atoms with van der Waals surface area (Å²) in [4.78, 5) is 18.3. The van der Waals surface area contributed by atoms with Gasteiger partial charge in [0.25, 0.3) is 5.91 Å². The number of nitrogens with zero attached hydrogens (tertiary/aromatic N) is 2. The lowest BCUT2D eigenvalue weighted by atomic mass is 10.2. The Morgan fingerprint density at radius 3 is 2.62 bits per heavy atom. The van der Waals surface area contributed by atoms with Gasteiger partial charge in [-0.25, -0.2) is 0 Å². The van der Waals surface area contributed by atoms with E-state index in [2.05, 4.69) is 4.98 Å². The molecule has 0 saturated carbocycles. The molecule has 1 amide bonds. The summed E-state index contributed by atoms with van der Waals surface area (Å²) in [5.74, 6) is 0.674. The number of carbonyl (C=O) groups excluding carboxylic acids is 1. The summed E-state index contributed by atoms with van der Waals surface area (Å²) in [7, 11) is 1.61. The van der Waals surface area contributed by atoms with Crippen LogP contribution in [0.2, 0.25) is 0 Å². The summed E-state index contributed by atoms with van der Waals surface area (Å²) in [5, 5.41) is 0. The maximum Gasteiger partial charge on any atom is 0.259 e. The first kappa shape index (κ1) is 15.0. The Morgan fingerprint density at radius 2 is 2.05 bits per heavy atom. The average molecular weight is 285 g/mol. The van der Waals surface area contributed by atoms with Gasteiger partial charge in [-0.05, 0) is 49.4 Å². The zero-order chi connectivity index (χ0) is 15.1. The molecule has 21 heavy (non-hydrogen) atoms. The molecule has 0 fully saturated rings. The summed E-state index contributed by atoms with van der Waals surface area (Å²) in [6.45, 7) is 1.10. The summed E-state index contributed by atoms with van der Waals surface area (Å²) in [6, 6.07) is 10.9. The minimum atomic E-state index is -0.0817. The fourth-order valence-electron chi connectivity index (χ4n) is 2.00. The van der Waals surface area contributed by atoms with E-state index < -0.39 is 0 Å². The second kappa shape index (κ2) is 7.40. The Bertz CT molecular complexity index is 570. The smallest absolute Gasteiger partial charge is 0.259 e. The Balaban J connectivity index is 2.26. The number of pyridine rings is 1. The van der Waals surface area contributed by atoms with Gasteiger partial charge in [0, 0.05) is 24.6 Å². The van der Waals surface area contributed by atoms with Crippen molar-refractivity contribution >= 4 is 11.6 Å². The van der Waals surface area contributed by atoms with Crippen molar-refractivity contribution in [3.05, 3.63) is 54.4 Å². The molecule has 0 aliphatic rings. The Kier molecular flexibility index (Phi) is 5.29. The van der Waals surface area contributed by atoms with E-state index in [-0.39, 0.29) is 5.91 Å². The van der Waals surface area contributed by atoms with E-state index in [0.29, 0.717) is 18.7 Å². The number of methoxy groups -OCH3 is 1. The zero-order valence-electron chi connectivity index (χ0n) is 12.0. The van der Waals surface area contributed by atoms with Crippen molar-refractivity contribution < 1.29 is 9.53 Å². The first-order valence-electron chi connectivity index (χ1n) is 6.82. The largest absolute Gasteiger partial charge is 0.497 e. The minimum absolute atomic E-state index is 0.0817. The fourth-order valence-corrected chi connectivity index (χ4v) is 2.00. The maximum atomic E-state index is 12.6. The van der Waals surface area contributed by atoms with Crippen LogP contribution in [0, 0.1) is 0 Å². The van der Waals surface area contributed by atoms with Gasteiger partial charge in [0.2, 0.25) is 0 Å². The van der Waals surface area contributed by atoms with Gasteiger partial charge >= 0.3 is 0 Å². The molecule has 0 spiro atoms.